The third kappa shape index (κ3) is 2.19. The van der Waals surface area contributed by atoms with Gasteiger partial charge in [0, 0.05) is 12.1 Å². The molecule has 4 nitrogen and oxygen atoms in total. The van der Waals surface area contributed by atoms with Gasteiger partial charge in [-0.15, -0.1) is 0 Å². The number of hydrogen-bond acceptors (Lipinski definition) is 4. The summed E-state index contributed by atoms with van der Waals surface area (Å²) in [6.07, 6.45) is 2.42. The molecule has 20 heavy (non-hydrogen) atoms. The van der Waals surface area contributed by atoms with Crippen LogP contribution in [0.4, 0.5) is 0 Å². The van der Waals surface area contributed by atoms with Crippen LogP contribution in [0.15, 0.2) is 58.2 Å². The predicted molar refractivity (Wildman–Crippen MR) is 75.8 cm³/mol. The van der Waals surface area contributed by atoms with Gasteiger partial charge in [0.15, 0.2) is 6.04 Å². The van der Waals surface area contributed by atoms with Crippen molar-refractivity contribution in [3.8, 4) is 6.07 Å². The fraction of sp³-hybridized carbons (Fsp3) is 0.250. The molecule has 1 aromatic heterocycles. The Labute approximate surface area is 117 Å². The first-order valence-corrected chi connectivity index (χ1v) is 6.60. The fourth-order valence-corrected chi connectivity index (χ4v) is 2.56. The number of benzene rings is 1. The van der Waals surface area contributed by atoms with Crippen molar-refractivity contribution in [3.05, 3.63) is 60.1 Å². The molecule has 2 unspecified atom stereocenters. The van der Waals surface area contributed by atoms with Crippen LogP contribution < -0.4 is 0 Å². The van der Waals surface area contributed by atoms with Crippen molar-refractivity contribution in [1.82, 2.24) is 5.01 Å². The Bertz CT molecular complexity index is 640. The van der Waals surface area contributed by atoms with Crippen molar-refractivity contribution >= 4 is 5.71 Å². The van der Waals surface area contributed by atoms with Crippen LogP contribution >= 0.6 is 0 Å². The van der Waals surface area contributed by atoms with Gasteiger partial charge in [0.2, 0.25) is 0 Å². The van der Waals surface area contributed by atoms with Crippen LogP contribution in [0.3, 0.4) is 0 Å². The Kier molecular flexibility index (Phi) is 3.26. The summed E-state index contributed by atoms with van der Waals surface area (Å²) >= 11 is 0. The first kappa shape index (κ1) is 12.5. The first-order valence-electron chi connectivity index (χ1n) is 6.60. The Morgan fingerprint density at radius 1 is 1.30 bits per heavy atom. The molecule has 1 aliphatic heterocycles. The standard InChI is InChI=1S/C16H15N3O/c1-12-10-14(13-6-3-2-4-7-13)19(18-12)15(11-17)16-8-5-9-20-16/h2-9,14-15H,10H2,1H3. The summed E-state index contributed by atoms with van der Waals surface area (Å²) in [7, 11) is 0. The monoisotopic (exact) mass is 265 g/mol. The average Bonchev–Trinajstić information content (AvgIpc) is 3.11. The van der Waals surface area contributed by atoms with E-state index in [1.165, 1.54) is 5.56 Å². The largest absolute Gasteiger partial charge is 0.466 e. The highest BCUT2D eigenvalue weighted by Gasteiger charge is 2.33. The summed E-state index contributed by atoms with van der Waals surface area (Å²) in [5.41, 5.74) is 2.20. The highest BCUT2D eigenvalue weighted by atomic mass is 16.3. The van der Waals surface area contributed by atoms with Crippen molar-refractivity contribution in [3.63, 3.8) is 0 Å². The molecule has 0 aliphatic carbocycles. The molecule has 0 N–H and O–H groups in total. The minimum atomic E-state index is -0.493. The highest BCUT2D eigenvalue weighted by molar-refractivity contribution is 5.83. The summed E-state index contributed by atoms with van der Waals surface area (Å²) < 4.78 is 5.38. The molecule has 1 aromatic carbocycles. The molecule has 0 saturated heterocycles. The minimum absolute atomic E-state index is 0.0888. The smallest absolute Gasteiger partial charge is 0.191 e. The van der Waals surface area contributed by atoms with Crippen LogP contribution in [0.5, 0.6) is 0 Å². The second-order valence-electron chi connectivity index (χ2n) is 4.89. The molecule has 0 fully saturated rings. The molecule has 0 radical (unpaired) electrons. The highest BCUT2D eigenvalue weighted by Crippen LogP contribution is 2.37. The van der Waals surface area contributed by atoms with Crippen molar-refractivity contribution < 1.29 is 4.42 Å². The molecule has 100 valence electrons. The number of nitriles is 1. The lowest BCUT2D eigenvalue weighted by atomic mass is 10.0. The Morgan fingerprint density at radius 2 is 2.10 bits per heavy atom. The van der Waals surface area contributed by atoms with Crippen LogP contribution in [0.2, 0.25) is 0 Å². The maximum absolute atomic E-state index is 9.49. The quantitative estimate of drug-likeness (QED) is 0.850. The number of furan rings is 1. The molecule has 0 bridgehead atoms. The van der Waals surface area contributed by atoms with E-state index in [2.05, 4.69) is 23.3 Å². The third-order valence-corrected chi connectivity index (χ3v) is 3.48. The summed E-state index contributed by atoms with van der Waals surface area (Å²) in [5.74, 6) is 0.631. The maximum Gasteiger partial charge on any atom is 0.191 e. The van der Waals surface area contributed by atoms with E-state index < -0.39 is 6.04 Å². The summed E-state index contributed by atoms with van der Waals surface area (Å²) in [6.45, 7) is 1.99. The normalized spacial score (nSPS) is 19.5. The number of nitrogens with zero attached hydrogens (tertiary/aromatic N) is 3. The minimum Gasteiger partial charge on any atom is -0.466 e. The van der Waals surface area contributed by atoms with Gasteiger partial charge in [-0.05, 0) is 24.6 Å². The van der Waals surface area contributed by atoms with Gasteiger partial charge in [0.05, 0.1) is 18.4 Å². The molecule has 0 amide bonds. The summed E-state index contributed by atoms with van der Waals surface area (Å²) in [6, 6.07) is 15.7. The molecule has 1 aliphatic rings. The van der Waals surface area contributed by atoms with Gasteiger partial charge in [-0.3, -0.25) is 5.01 Å². The van der Waals surface area contributed by atoms with E-state index >= 15 is 0 Å². The molecule has 4 heteroatoms. The van der Waals surface area contributed by atoms with Crippen molar-refractivity contribution in [1.29, 1.82) is 5.26 Å². The zero-order valence-corrected chi connectivity index (χ0v) is 11.2. The Morgan fingerprint density at radius 3 is 2.75 bits per heavy atom. The second-order valence-corrected chi connectivity index (χ2v) is 4.89. The summed E-state index contributed by atoms with van der Waals surface area (Å²) in [5, 5.41) is 15.9. The lowest BCUT2D eigenvalue weighted by molar-refractivity contribution is 0.178. The van der Waals surface area contributed by atoms with E-state index in [9.17, 15) is 5.26 Å². The van der Waals surface area contributed by atoms with Gasteiger partial charge in [0.25, 0.3) is 0 Å². The average molecular weight is 265 g/mol. The van der Waals surface area contributed by atoms with Crippen LogP contribution in [0.1, 0.15) is 36.8 Å². The van der Waals surface area contributed by atoms with E-state index in [1.54, 1.807) is 12.3 Å². The van der Waals surface area contributed by atoms with Crippen molar-refractivity contribution in [2.45, 2.75) is 25.4 Å². The molecular formula is C16H15N3O. The van der Waals surface area contributed by atoms with E-state index in [-0.39, 0.29) is 6.04 Å². The van der Waals surface area contributed by atoms with E-state index in [0.717, 1.165) is 12.1 Å². The molecule has 0 saturated carbocycles. The molecule has 3 rings (SSSR count). The molecule has 0 spiro atoms. The van der Waals surface area contributed by atoms with Gasteiger partial charge in [-0.1, -0.05) is 30.3 Å². The van der Waals surface area contributed by atoms with Crippen LogP contribution in [0.25, 0.3) is 0 Å². The van der Waals surface area contributed by atoms with Gasteiger partial charge in [-0.25, -0.2) is 0 Å². The topological polar surface area (TPSA) is 52.5 Å². The predicted octanol–water partition coefficient (Wildman–Crippen LogP) is 3.67. The fourth-order valence-electron chi connectivity index (χ4n) is 2.56. The van der Waals surface area contributed by atoms with Crippen LogP contribution in [0, 0.1) is 11.3 Å². The van der Waals surface area contributed by atoms with Crippen molar-refractivity contribution in [2.24, 2.45) is 5.10 Å². The van der Waals surface area contributed by atoms with E-state index in [1.807, 2.05) is 36.2 Å². The lowest BCUT2D eigenvalue weighted by Crippen LogP contribution is -2.23. The van der Waals surface area contributed by atoms with Gasteiger partial charge in [-0.2, -0.15) is 10.4 Å². The van der Waals surface area contributed by atoms with E-state index in [0.29, 0.717) is 5.76 Å². The van der Waals surface area contributed by atoms with E-state index in [4.69, 9.17) is 4.42 Å². The molecular weight excluding hydrogens is 250 g/mol. The molecule has 2 atom stereocenters. The van der Waals surface area contributed by atoms with Gasteiger partial charge in [0.1, 0.15) is 5.76 Å². The van der Waals surface area contributed by atoms with Gasteiger partial charge < -0.3 is 4.42 Å². The maximum atomic E-state index is 9.49. The molecule has 2 aromatic rings. The Hall–Kier alpha value is -2.54. The second kappa shape index (κ2) is 5.22. The molecule has 2 heterocycles. The third-order valence-electron chi connectivity index (χ3n) is 3.48. The van der Waals surface area contributed by atoms with Crippen molar-refractivity contribution in [2.75, 3.05) is 0 Å². The summed E-state index contributed by atoms with van der Waals surface area (Å²) in [4.78, 5) is 0. The van der Waals surface area contributed by atoms with Crippen LogP contribution in [-0.2, 0) is 0 Å². The zero-order chi connectivity index (χ0) is 13.9. The Balaban J connectivity index is 1.95. The SMILES string of the molecule is CC1=NN(C(C#N)c2ccco2)C(c2ccccc2)C1. The number of hydrogen-bond donors (Lipinski definition) is 0. The number of hydrazone groups is 1. The first-order chi connectivity index (χ1) is 9.79. The zero-order valence-electron chi connectivity index (χ0n) is 11.2. The van der Waals surface area contributed by atoms with Crippen LogP contribution in [-0.4, -0.2) is 10.7 Å². The lowest BCUT2D eigenvalue weighted by Gasteiger charge is -2.26. The number of rotatable bonds is 3. The van der Waals surface area contributed by atoms with Gasteiger partial charge >= 0.3 is 0 Å².